The highest BCUT2D eigenvalue weighted by Gasteiger charge is 2.24. The van der Waals surface area contributed by atoms with Gasteiger partial charge < -0.3 is 19.7 Å². The van der Waals surface area contributed by atoms with Crippen LogP contribution in [0.5, 0.6) is 0 Å². The zero-order valence-corrected chi connectivity index (χ0v) is 28.6. The van der Waals surface area contributed by atoms with E-state index in [-0.39, 0.29) is 0 Å². The predicted octanol–water partition coefficient (Wildman–Crippen LogP) is 11.6. The van der Waals surface area contributed by atoms with Crippen molar-refractivity contribution >= 4 is 11.3 Å². The fraction of sp³-hybridized carbons (Fsp3) is 0.575. The Morgan fingerprint density at radius 2 is 1.11 bits per heavy atom. The highest BCUT2D eigenvalue weighted by Crippen LogP contribution is 2.34. The molecule has 3 N–H and O–H groups in total. The minimum atomic E-state index is 0.791. The Morgan fingerprint density at radius 3 is 1.56 bits per heavy atom. The van der Waals surface area contributed by atoms with Crippen LogP contribution < -0.4 is 0 Å². The summed E-state index contributed by atoms with van der Waals surface area (Å²) in [6.45, 7) is 4.57. The topological polar surface area (TPSA) is 69.0 Å². The molecule has 0 fully saturated rings. The Bertz CT molecular complexity index is 1260. The first-order chi connectivity index (χ1) is 22.2. The van der Waals surface area contributed by atoms with Gasteiger partial charge in [-0.25, -0.2) is 4.99 Å². The van der Waals surface area contributed by atoms with Crippen molar-refractivity contribution < 1.29 is 4.74 Å². The smallest absolute Gasteiger partial charge is 0.147 e. The zero-order chi connectivity index (χ0) is 31.5. The summed E-state index contributed by atoms with van der Waals surface area (Å²) in [5, 5.41) is 0. The number of aryl methyl sites for hydroxylation is 2. The standard InChI is InChI=1S/C40H60N4O/c1-4-6-8-10-12-14-16-18-20-23-32-26-28-35(42-32)39(40-38(45-3)31-37(44-40)34-25-22-30-41-34)36-29-27-33(43-36)24-21-19-17-15-13-11-9-7-5-2/h22,25-31,41-43H,4-21,23-24H2,1-3H3. The lowest BCUT2D eigenvalue weighted by Gasteiger charge is -2.10. The molecule has 4 heterocycles. The number of allylic oxidation sites excluding steroid dienone is 1. The summed E-state index contributed by atoms with van der Waals surface area (Å²) >= 11 is 0. The molecule has 0 unspecified atom stereocenters. The molecule has 4 rings (SSSR count). The normalized spacial score (nSPS) is 13.0. The third-order valence-electron chi connectivity index (χ3n) is 9.19. The molecule has 0 saturated heterocycles. The number of hydrogen-bond donors (Lipinski definition) is 3. The molecule has 3 aromatic heterocycles. The fourth-order valence-electron chi connectivity index (χ4n) is 6.48. The number of aromatic amines is 3. The first-order valence-electron chi connectivity index (χ1n) is 18.3. The number of hydrogen-bond acceptors (Lipinski definition) is 2. The van der Waals surface area contributed by atoms with Crippen molar-refractivity contribution in [1.29, 1.82) is 0 Å². The van der Waals surface area contributed by atoms with E-state index in [0.717, 1.165) is 52.7 Å². The van der Waals surface area contributed by atoms with Crippen molar-refractivity contribution in [2.45, 2.75) is 142 Å². The minimum Gasteiger partial charge on any atom is -0.494 e. The second-order valence-electron chi connectivity index (χ2n) is 13.0. The fourth-order valence-corrected chi connectivity index (χ4v) is 6.48. The second kappa shape index (κ2) is 20.0. The van der Waals surface area contributed by atoms with Gasteiger partial charge in [0.05, 0.1) is 35.5 Å². The van der Waals surface area contributed by atoms with Crippen LogP contribution in [0.2, 0.25) is 0 Å². The molecule has 1 aliphatic rings. The highest BCUT2D eigenvalue weighted by atomic mass is 16.5. The van der Waals surface area contributed by atoms with Gasteiger partial charge in [0.1, 0.15) is 11.5 Å². The Balaban J connectivity index is 1.41. The van der Waals surface area contributed by atoms with Gasteiger partial charge >= 0.3 is 0 Å². The molecule has 246 valence electrons. The number of nitrogens with zero attached hydrogens (tertiary/aromatic N) is 1. The van der Waals surface area contributed by atoms with E-state index in [1.165, 1.54) is 127 Å². The van der Waals surface area contributed by atoms with Crippen LogP contribution in [0.4, 0.5) is 0 Å². The quantitative estimate of drug-likeness (QED) is 0.0865. The van der Waals surface area contributed by atoms with E-state index in [1.54, 1.807) is 7.11 Å². The summed E-state index contributed by atoms with van der Waals surface area (Å²) in [7, 11) is 1.74. The molecule has 5 nitrogen and oxygen atoms in total. The van der Waals surface area contributed by atoms with Crippen LogP contribution in [0.25, 0.3) is 5.57 Å². The van der Waals surface area contributed by atoms with E-state index in [0.29, 0.717) is 0 Å². The molecule has 0 saturated carbocycles. The maximum Gasteiger partial charge on any atom is 0.147 e. The number of H-pyrrole nitrogens is 3. The van der Waals surface area contributed by atoms with E-state index in [4.69, 9.17) is 9.73 Å². The van der Waals surface area contributed by atoms with Crippen molar-refractivity contribution in [3.05, 3.63) is 88.6 Å². The molecular formula is C40H60N4O. The molecule has 1 aliphatic heterocycles. The van der Waals surface area contributed by atoms with Crippen LogP contribution in [-0.4, -0.2) is 27.8 Å². The van der Waals surface area contributed by atoms with Crippen molar-refractivity contribution in [2.75, 3.05) is 7.11 Å². The molecule has 45 heavy (non-hydrogen) atoms. The number of ether oxygens (including phenoxy) is 1. The lowest BCUT2D eigenvalue weighted by molar-refractivity contribution is 0.302. The van der Waals surface area contributed by atoms with Crippen LogP contribution in [-0.2, 0) is 17.6 Å². The van der Waals surface area contributed by atoms with Gasteiger partial charge in [-0.05, 0) is 62.1 Å². The lowest BCUT2D eigenvalue weighted by Crippen LogP contribution is -1.98. The van der Waals surface area contributed by atoms with Gasteiger partial charge in [0.15, 0.2) is 0 Å². The molecule has 0 aliphatic carbocycles. The highest BCUT2D eigenvalue weighted by molar-refractivity contribution is 6.11. The van der Waals surface area contributed by atoms with E-state index < -0.39 is 0 Å². The summed E-state index contributed by atoms with van der Waals surface area (Å²) in [4.78, 5) is 15.9. The Morgan fingerprint density at radius 1 is 0.622 bits per heavy atom. The monoisotopic (exact) mass is 612 g/mol. The summed E-state index contributed by atoms with van der Waals surface area (Å²) in [6, 6.07) is 13.0. The predicted molar refractivity (Wildman–Crippen MR) is 192 cm³/mol. The van der Waals surface area contributed by atoms with E-state index >= 15 is 0 Å². The van der Waals surface area contributed by atoms with Gasteiger partial charge in [0, 0.05) is 23.7 Å². The molecule has 0 aromatic carbocycles. The number of unbranched alkanes of at least 4 members (excludes halogenated alkanes) is 16. The maximum absolute atomic E-state index is 5.90. The molecule has 0 radical (unpaired) electrons. The van der Waals surface area contributed by atoms with Gasteiger partial charge in [-0.1, -0.05) is 117 Å². The summed E-state index contributed by atoms with van der Waals surface area (Å²) in [5.41, 5.74) is 8.60. The molecule has 0 bridgehead atoms. The van der Waals surface area contributed by atoms with Crippen molar-refractivity contribution in [3.63, 3.8) is 0 Å². The van der Waals surface area contributed by atoms with Gasteiger partial charge in [-0.2, -0.15) is 0 Å². The van der Waals surface area contributed by atoms with Crippen LogP contribution in [0.15, 0.2) is 65.1 Å². The first-order valence-corrected chi connectivity index (χ1v) is 18.3. The van der Waals surface area contributed by atoms with Crippen molar-refractivity contribution in [2.24, 2.45) is 4.99 Å². The second-order valence-corrected chi connectivity index (χ2v) is 13.0. The number of aromatic nitrogens is 3. The Labute approximate surface area is 273 Å². The number of rotatable bonds is 24. The Hall–Kier alpha value is -3.21. The minimum absolute atomic E-state index is 0.791. The molecule has 0 atom stereocenters. The molecule has 5 heteroatoms. The third-order valence-corrected chi connectivity index (χ3v) is 9.19. The third kappa shape index (κ3) is 11.3. The van der Waals surface area contributed by atoms with E-state index in [2.05, 4.69) is 59.1 Å². The SMILES string of the molecule is CCCCCCCCCCCc1ccc(C(=C2N=C(c3ccc[nH]3)C=C2OC)c2ccc(CCCCCCCCCCC)[nH]2)[nH]1. The van der Waals surface area contributed by atoms with Crippen LogP contribution >= 0.6 is 0 Å². The molecular weight excluding hydrogens is 552 g/mol. The molecule has 3 aromatic rings. The van der Waals surface area contributed by atoms with Gasteiger partial charge in [0.2, 0.25) is 0 Å². The largest absolute Gasteiger partial charge is 0.494 e. The molecule has 0 spiro atoms. The van der Waals surface area contributed by atoms with Gasteiger partial charge in [-0.15, -0.1) is 0 Å². The lowest BCUT2D eigenvalue weighted by atomic mass is 10.1. The summed E-state index contributed by atoms with van der Waals surface area (Å²) in [6.07, 6.45) is 30.4. The van der Waals surface area contributed by atoms with Crippen LogP contribution in [0.3, 0.4) is 0 Å². The zero-order valence-electron chi connectivity index (χ0n) is 28.6. The van der Waals surface area contributed by atoms with Gasteiger partial charge in [-0.3, -0.25) is 0 Å². The summed E-state index contributed by atoms with van der Waals surface area (Å²) < 4.78 is 5.90. The van der Waals surface area contributed by atoms with Crippen molar-refractivity contribution in [1.82, 2.24) is 15.0 Å². The summed E-state index contributed by atoms with van der Waals surface area (Å²) in [5.74, 6) is 0.791. The number of methoxy groups -OCH3 is 1. The number of aliphatic imine (C=N–C) groups is 1. The maximum atomic E-state index is 5.90. The number of nitrogens with one attached hydrogen (secondary N) is 3. The van der Waals surface area contributed by atoms with E-state index in [1.807, 2.05) is 18.3 Å². The van der Waals surface area contributed by atoms with Crippen molar-refractivity contribution in [3.8, 4) is 0 Å². The van der Waals surface area contributed by atoms with Crippen LogP contribution in [0.1, 0.15) is 158 Å². The van der Waals surface area contributed by atoms with Crippen LogP contribution in [0, 0.1) is 0 Å². The van der Waals surface area contributed by atoms with E-state index in [9.17, 15) is 0 Å². The Kier molecular flexibility index (Phi) is 15.4. The molecule has 0 amide bonds. The average molecular weight is 613 g/mol. The average Bonchev–Trinajstić information content (AvgIpc) is 3.88. The van der Waals surface area contributed by atoms with Gasteiger partial charge in [0.25, 0.3) is 0 Å². The first kappa shape index (κ1) is 34.7.